The first kappa shape index (κ1) is 17.0. The Morgan fingerprint density at radius 3 is 2.72 bits per heavy atom. The number of nitrogens with one attached hydrogen (secondary N) is 1. The van der Waals surface area contributed by atoms with Crippen molar-refractivity contribution in [2.24, 2.45) is 14.1 Å². The average Bonchev–Trinajstić information content (AvgIpc) is 3.18. The number of imidazole rings is 1. The molecule has 0 saturated heterocycles. The fourth-order valence-electron chi connectivity index (χ4n) is 2.45. The predicted octanol–water partition coefficient (Wildman–Crippen LogP) is -0.124. The first-order valence-electron chi connectivity index (χ1n) is 7.65. The molecule has 1 N–H and O–H groups in total. The van der Waals surface area contributed by atoms with Crippen LogP contribution in [-0.2, 0) is 31.9 Å². The Hall–Kier alpha value is -2.82. The van der Waals surface area contributed by atoms with Crippen LogP contribution in [0, 0.1) is 0 Å². The van der Waals surface area contributed by atoms with E-state index in [9.17, 15) is 14.4 Å². The van der Waals surface area contributed by atoms with Crippen molar-refractivity contribution in [3.8, 4) is 0 Å². The smallest absolute Gasteiger partial charge is 0.315 e. The summed E-state index contributed by atoms with van der Waals surface area (Å²) in [5.74, 6) is -0.352. The van der Waals surface area contributed by atoms with Crippen LogP contribution < -0.4 is 16.6 Å². The van der Waals surface area contributed by atoms with Gasteiger partial charge >= 0.3 is 5.69 Å². The van der Waals surface area contributed by atoms with E-state index < -0.39 is 11.2 Å². The Morgan fingerprint density at radius 2 is 2.00 bits per heavy atom. The fraction of sp³-hybridized carbons (Fsp3) is 0.429. The third-order valence-corrected chi connectivity index (χ3v) is 4.61. The number of fused-ring (bicyclic) bond motifs is 1. The average molecular weight is 363 g/mol. The molecule has 3 heterocycles. The molecular formula is C14H17N7O3S. The van der Waals surface area contributed by atoms with Crippen LogP contribution in [0.25, 0.3) is 11.2 Å². The van der Waals surface area contributed by atoms with Crippen molar-refractivity contribution in [3.05, 3.63) is 32.2 Å². The highest BCUT2D eigenvalue weighted by Gasteiger charge is 2.16. The lowest BCUT2D eigenvalue weighted by Gasteiger charge is -2.06. The van der Waals surface area contributed by atoms with E-state index >= 15 is 0 Å². The molecule has 0 unspecified atom stereocenters. The molecule has 3 aromatic heterocycles. The number of hydrogen-bond acceptors (Lipinski definition) is 7. The van der Waals surface area contributed by atoms with Crippen molar-refractivity contribution in [2.75, 3.05) is 5.32 Å². The number of rotatable bonds is 5. The molecule has 0 saturated carbocycles. The van der Waals surface area contributed by atoms with Crippen LogP contribution in [-0.4, -0.2) is 34.8 Å². The Labute approximate surface area is 145 Å². The standard InChI is InChI=1S/C14H17N7O3S/c1-4-5-9-17-18-13(25-9)16-8(22)6-21-7-15-11-10(21)12(23)20(3)14(24)19(11)2/h7H,4-6H2,1-3H3,(H,16,18,22). The topological polar surface area (TPSA) is 117 Å². The number of nitrogens with zero attached hydrogens (tertiary/aromatic N) is 6. The highest BCUT2D eigenvalue weighted by atomic mass is 32.1. The maximum Gasteiger partial charge on any atom is 0.332 e. The quantitative estimate of drug-likeness (QED) is 0.675. The summed E-state index contributed by atoms with van der Waals surface area (Å²) >= 11 is 1.32. The van der Waals surface area contributed by atoms with Crippen LogP contribution in [0.4, 0.5) is 5.13 Å². The largest absolute Gasteiger partial charge is 0.332 e. The maximum atomic E-state index is 12.3. The van der Waals surface area contributed by atoms with Gasteiger partial charge < -0.3 is 4.57 Å². The normalized spacial score (nSPS) is 11.2. The van der Waals surface area contributed by atoms with Crippen molar-refractivity contribution in [1.82, 2.24) is 28.9 Å². The zero-order valence-corrected chi connectivity index (χ0v) is 14.8. The van der Waals surface area contributed by atoms with Gasteiger partial charge in [-0.1, -0.05) is 18.3 Å². The summed E-state index contributed by atoms with van der Waals surface area (Å²) < 4.78 is 3.67. The molecule has 10 nitrogen and oxygen atoms in total. The third-order valence-electron chi connectivity index (χ3n) is 3.71. The number of anilines is 1. The van der Waals surface area contributed by atoms with Gasteiger partial charge in [-0.25, -0.2) is 9.78 Å². The number of aryl methyl sites for hydroxylation is 2. The van der Waals surface area contributed by atoms with Crippen LogP contribution in [0.15, 0.2) is 15.9 Å². The van der Waals surface area contributed by atoms with Crippen LogP contribution >= 0.6 is 11.3 Å². The zero-order chi connectivity index (χ0) is 18.1. The third kappa shape index (κ3) is 3.09. The lowest BCUT2D eigenvalue weighted by atomic mass is 10.4. The van der Waals surface area contributed by atoms with Crippen molar-refractivity contribution >= 4 is 33.5 Å². The van der Waals surface area contributed by atoms with Gasteiger partial charge in [-0.15, -0.1) is 10.2 Å². The summed E-state index contributed by atoms with van der Waals surface area (Å²) in [4.78, 5) is 40.6. The molecule has 0 aliphatic rings. The number of amides is 1. The lowest BCUT2D eigenvalue weighted by molar-refractivity contribution is -0.116. The Balaban J connectivity index is 1.86. The minimum atomic E-state index is -0.496. The Bertz CT molecular complexity index is 1060. The van der Waals surface area contributed by atoms with E-state index in [4.69, 9.17) is 0 Å². The SMILES string of the molecule is CCCc1nnc(NC(=O)Cn2cnc3c2c(=O)n(C)c(=O)n3C)s1. The van der Waals surface area contributed by atoms with Crippen molar-refractivity contribution in [1.29, 1.82) is 0 Å². The van der Waals surface area contributed by atoms with Gasteiger partial charge in [-0.05, 0) is 6.42 Å². The van der Waals surface area contributed by atoms with E-state index in [2.05, 4.69) is 20.5 Å². The molecule has 3 rings (SSSR count). The van der Waals surface area contributed by atoms with Crippen LogP contribution in [0.2, 0.25) is 0 Å². The molecule has 0 bridgehead atoms. The minimum Gasteiger partial charge on any atom is -0.315 e. The summed E-state index contributed by atoms with van der Waals surface area (Å²) in [6.07, 6.45) is 3.13. The summed E-state index contributed by atoms with van der Waals surface area (Å²) in [6.45, 7) is 1.92. The highest BCUT2D eigenvalue weighted by molar-refractivity contribution is 7.15. The van der Waals surface area contributed by atoms with Crippen LogP contribution in [0.5, 0.6) is 0 Å². The highest BCUT2D eigenvalue weighted by Crippen LogP contribution is 2.16. The van der Waals surface area contributed by atoms with E-state index in [-0.39, 0.29) is 23.6 Å². The molecule has 3 aromatic rings. The molecule has 132 valence electrons. The van der Waals surface area contributed by atoms with Gasteiger partial charge in [0.05, 0.1) is 6.33 Å². The molecule has 1 amide bonds. The van der Waals surface area contributed by atoms with E-state index in [0.29, 0.717) is 5.13 Å². The molecule has 0 spiro atoms. The van der Waals surface area contributed by atoms with Crippen molar-refractivity contribution in [2.45, 2.75) is 26.3 Å². The van der Waals surface area contributed by atoms with Gasteiger partial charge in [0, 0.05) is 20.5 Å². The lowest BCUT2D eigenvalue weighted by Crippen LogP contribution is -2.37. The van der Waals surface area contributed by atoms with Gasteiger partial charge in [0.2, 0.25) is 11.0 Å². The van der Waals surface area contributed by atoms with E-state index in [1.54, 1.807) is 0 Å². The van der Waals surface area contributed by atoms with Gasteiger partial charge in [0.1, 0.15) is 11.6 Å². The van der Waals surface area contributed by atoms with E-state index in [1.807, 2.05) is 6.92 Å². The monoisotopic (exact) mass is 363 g/mol. The zero-order valence-electron chi connectivity index (χ0n) is 14.0. The molecule has 0 aliphatic carbocycles. The first-order valence-corrected chi connectivity index (χ1v) is 8.47. The molecule has 0 atom stereocenters. The molecule has 25 heavy (non-hydrogen) atoms. The van der Waals surface area contributed by atoms with Crippen molar-refractivity contribution < 1.29 is 4.79 Å². The van der Waals surface area contributed by atoms with Crippen molar-refractivity contribution in [3.63, 3.8) is 0 Å². The number of hydrogen-bond donors (Lipinski definition) is 1. The fourth-order valence-corrected chi connectivity index (χ4v) is 3.31. The molecule has 0 aliphatic heterocycles. The predicted molar refractivity (Wildman–Crippen MR) is 92.7 cm³/mol. The second-order valence-corrected chi connectivity index (χ2v) is 6.61. The van der Waals surface area contributed by atoms with Gasteiger partial charge in [0.15, 0.2) is 11.2 Å². The van der Waals surface area contributed by atoms with Crippen LogP contribution in [0.1, 0.15) is 18.4 Å². The van der Waals surface area contributed by atoms with E-state index in [1.165, 1.54) is 40.9 Å². The maximum absolute atomic E-state index is 12.3. The minimum absolute atomic E-state index is 0.118. The Morgan fingerprint density at radius 1 is 1.24 bits per heavy atom. The van der Waals surface area contributed by atoms with Crippen LogP contribution in [0.3, 0.4) is 0 Å². The Kier molecular flexibility index (Phi) is 4.49. The second kappa shape index (κ2) is 6.59. The summed E-state index contributed by atoms with van der Waals surface area (Å²) in [6, 6.07) is 0. The van der Waals surface area contributed by atoms with Gasteiger partial charge in [-0.2, -0.15) is 0 Å². The number of carbonyl (C=O) groups is 1. The van der Waals surface area contributed by atoms with E-state index in [0.717, 1.165) is 22.4 Å². The molecule has 0 fully saturated rings. The van der Waals surface area contributed by atoms with Gasteiger partial charge in [-0.3, -0.25) is 24.0 Å². The second-order valence-electron chi connectivity index (χ2n) is 5.55. The summed E-state index contributed by atoms with van der Waals surface area (Å²) in [7, 11) is 2.91. The molecule has 11 heteroatoms. The molecule has 0 radical (unpaired) electrons. The first-order chi connectivity index (χ1) is 11.9. The number of carbonyl (C=O) groups excluding carboxylic acids is 1. The molecular weight excluding hydrogens is 346 g/mol. The number of aromatic nitrogens is 6. The molecule has 0 aromatic carbocycles. The summed E-state index contributed by atoms with van der Waals surface area (Å²) in [5, 5.41) is 11.9. The van der Waals surface area contributed by atoms with Gasteiger partial charge in [0.25, 0.3) is 5.56 Å². The summed E-state index contributed by atoms with van der Waals surface area (Å²) in [5.41, 5.74) is -0.528.